The quantitative estimate of drug-likeness (QED) is 0.635. The molecule has 0 aromatic rings. The highest BCUT2D eigenvalue weighted by Gasteiger charge is 1.99. The van der Waals surface area contributed by atoms with E-state index in [1.165, 1.54) is 0 Å². The SMILES string of the molecule is CCCOC(=O)NCCCCOC(C)C. The number of carbonyl (C=O) groups excluding carboxylic acids is 1. The van der Waals surface area contributed by atoms with E-state index >= 15 is 0 Å². The van der Waals surface area contributed by atoms with E-state index in [2.05, 4.69) is 5.32 Å². The van der Waals surface area contributed by atoms with Crippen LogP contribution in [-0.2, 0) is 9.47 Å². The van der Waals surface area contributed by atoms with Crippen molar-refractivity contribution in [2.24, 2.45) is 0 Å². The van der Waals surface area contributed by atoms with Crippen LogP contribution in [-0.4, -0.2) is 32.0 Å². The summed E-state index contributed by atoms with van der Waals surface area (Å²) in [5.74, 6) is 0. The predicted octanol–water partition coefficient (Wildman–Crippen LogP) is 2.33. The molecule has 0 atom stereocenters. The molecule has 0 rings (SSSR count). The van der Waals surface area contributed by atoms with Crippen molar-refractivity contribution in [2.45, 2.75) is 46.1 Å². The van der Waals surface area contributed by atoms with E-state index in [1.54, 1.807) is 0 Å². The third-order valence-corrected chi connectivity index (χ3v) is 1.73. The van der Waals surface area contributed by atoms with Crippen LogP contribution in [0.25, 0.3) is 0 Å². The number of unbranched alkanes of at least 4 members (excludes halogenated alkanes) is 1. The van der Waals surface area contributed by atoms with Gasteiger partial charge in [-0.25, -0.2) is 4.79 Å². The summed E-state index contributed by atoms with van der Waals surface area (Å²) in [7, 11) is 0. The summed E-state index contributed by atoms with van der Waals surface area (Å²) in [4.78, 5) is 11.0. The van der Waals surface area contributed by atoms with Gasteiger partial charge in [-0.15, -0.1) is 0 Å². The number of amides is 1. The third kappa shape index (κ3) is 11.2. The van der Waals surface area contributed by atoms with Crippen molar-refractivity contribution in [3.05, 3.63) is 0 Å². The molecule has 1 amide bonds. The summed E-state index contributed by atoms with van der Waals surface area (Å²) in [6.45, 7) is 7.90. The molecule has 0 unspecified atom stereocenters. The Balaban J connectivity index is 3.13. The van der Waals surface area contributed by atoms with E-state index in [0.29, 0.717) is 13.2 Å². The molecule has 0 aromatic carbocycles. The molecular formula is C11H23NO3. The lowest BCUT2D eigenvalue weighted by atomic mass is 10.3. The molecular weight excluding hydrogens is 194 g/mol. The zero-order chi connectivity index (χ0) is 11.5. The zero-order valence-electron chi connectivity index (χ0n) is 10.0. The first-order chi connectivity index (χ1) is 7.16. The highest BCUT2D eigenvalue weighted by Crippen LogP contribution is 1.93. The highest BCUT2D eigenvalue weighted by molar-refractivity contribution is 5.66. The molecule has 0 aliphatic rings. The van der Waals surface area contributed by atoms with Crippen molar-refractivity contribution < 1.29 is 14.3 Å². The Morgan fingerprint density at radius 1 is 1.27 bits per heavy atom. The number of hydrogen-bond acceptors (Lipinski definition) is 3. The van der Waals surface area contributed by atoms with Crippen LogP contribution >= 0.6 is 0 Å². The maximum atomic E-state index is 11.0. The minimum absolute atomic E-state index is 0.285. The van der Waals surface area contributed by atoms with Crippen LogP contribution in [0.3, 0.4) is 0 Å². The number of ether oxygens (including phenoxy) is 2. The molecule has 0 saturated carbocycles. The molecule has 4 heteroatoms. The van der Waals surface area contributed by atoms with Gasteiger partial charge in [-0.1, -0.05) is 6.92 Å². The Kier molecular flexibility index (Phi) is 9.27. The fourth-order valence-electron chi connectivity index (χ4n) is 0.982. The first-order valence-corrected chi connectivity index (χ1v) is 5.69. The van der Waals surface area contributed by atoms with Crippen LogP contribution in [0.2, 0.25) is 0 Å². The van der Waals surface area contributed by atoms with Crippen molar-refractivity contribution in [1.29, 1.82) is 0 Å². The molecule has 0 aromatic heterocycles. The molecule has 0 fully saturated rings. The summed E-state index contributed by atoms with van der Waals surface area (Å²) in [5.41, 5.74) is 0. The number of carbonyl (C=O) groups is 1. The van der Waals surface area contributed by atoms with Gasteiger partial charge in [-0.05, 0) is 33.1 Å². The number of rotatable bonds is 8. The normalized spacial score (nSPS) is 10.4. The van der Waals surface area contributed by atoms with Crippen molar-refractivity contribution in [2.75, 3.05) is 19.8 Å². The summed E-state index contributed by atoms with van der Waals surface area (Å²) in [5, 5.41) is 2.69. The molecule has 4 nitrogen and oxygen atoms in total. The molecule has 1 N–H and O–H groups in total. The minimum atomic E-state index is -0.318. The zero-order valence-corrected chi connectivity index (χ0v) is 10.0. The molecule has 15 heavy (non-hydrogen) atoms. The van der Waals surface area contributed by atoms with E-state index in [-0.39, 0.29) is 12.2 Å². The van der Waals surface area contributed by atoms with Gasteiger partial charge < -0.3 is 14.8 Å². The standard InChI is InChI=1S/C11H23NO3/c1-4-8-15-11(13)12-7-5-6-9-14-10(2)3/h10H,4-9H2,1-3H3,(H,12,13). The molecule has 0 radical (unpaired) electrons. The Hall–Kier alpha value is -0.770. The number of hydrogen-bond donors (Lipinski definition) is 1. The van der Waals surface area contributed by atoms with Crippen molar-refractivity contribution >= 4 is 6.09 Å². The summed E-state index contributed by atoms with van der Waals surface area (Å²) < 4.78 is 10.2. The lowest BCUT2D eigenvalue weighted by molar-refractivity contribution is 0.0758. The van der Waals surface area contributed by atoms with Crippen LogP contribution < -0.4 is 5.32 Å². The van der Waals surface area contributed by atoms with Crippen molar-refractivity contribution in [3.63, 3.8) is 0 Å². The van der Waals surface area contributed by atoms with Gasteiger partial charge in [0.15, 0.2) is 0 Å². The monoisotopic (exact) mass is 217 g/mol. The summed E-state index contributed by atoms with van der Waals surface area (Å²) in [6, 6.07) is 0. The second-order valence-corrected chi connectivity index (χ2v) is 3.69. The van der Waals surface area contributed by atoms with Gasteiger partial charge in [0.05, 0.1) is 12.7 Å². The largest absolute Gasteiger partial charge is 0.450 e. The van der Waals surface area contributed by atoms with Crippen LogP contribution in [0.15, 0.2) is 0 Å². The molecule has 0 spiro atoms. The Labute approximate surface area is 92.3 Å². The van der Waals surface area contributed by atoms with Crippen molar-refractivity contribution in [1.82, 2.24) is 5.32 Å². The average Bonchev–Trinajstić information content (AvgIpc) is 2.19. The van der Waals surface area contributed by atoms with Crippen LogP contribution in [0.5, 0.6) is 0 Å². The van der Waals surface area contributed by atoms with Crippen LogP contribution in [0.4, 0.5) is 4.79 Å². The predicted molar refractivity (Wildman–Crippen MR) is 60.0 cm³/mol. The van der Waals surface area contributed by atoms with Gasteiger partial charge >= 0.3 is 6.09 Å². The Morgan fingerprint density at radius 3 is 2.60 bits per heavy atom. The lowest BCUT2D eigenvalue weighted by Crippen LogP contribution is -2.25. The van der Waals surface area contributed by atoms with Crippen LogP contribution in [0, 0.1) is 0 Å². The minimum Gasteiger partial charge on any atom is -0.450 e. The molecule has 0 aliphatic heterocycles. The molecule has 90 valence electrons. The lowest BCUT2D eigenvalue weighted by Gasteiger charge is -2.08. The fourth-order valence-corrected chi connectivity index (χ4v) is 0.982. The summed E-state index contributed by atoms with van der Waals surface area (Å²) in [6.07, 6.45) is 2.71. The third-order valence-electron chi connectivity index (χ3n) is 1.73. The van der Waals surface area contributed by atoms with Crippen LogP contribution in [0.1, 0.15) is 40.0 Å². The maximum Gasteiger partial charge on any atom is 0.407 e. The van der Waals surface area contributed by atoms with Gasteiger partial charge in [0, 0.05) is 13.2 Å². The molecule has 0 bridgehead atoms. The average molecular weight is 217 g/mol. The van der Waals surface area contributed by atoms with E-state index < -0.39 is 0 Å². The smallest absolute Gasteiger partial charge is 0.407 e. The van der Waals surface area contributed by atoms with E-state index in [4.69, 9.17) is 9.47 Å². The first-order valence-electron chi connectivity index (χ1n) is 5.69. The highest BCUT2D eigenvalue weighted by atomic mass is 16.5. The maximum absolute atomic E-state index is 11.0. The number of alkyl carbamates (subject to hydrolysis) is 1. The Bertz CT molecular complexity index is 160. The van der Waals surface area contributed by atoms with Gasteiger partial charge in [-0.2, -0.15) is 0 Å². The van der Waals surface area contributed by atoms with E-state index in [0.717, 1.165) is 25.9 Å². The Morgan fingerprint density at radius 2 is 2.00 bits per heavy atom. The van der Waals surface area contributed by atoms with Gasteiger partial charge in [0.1, 0.15) is 0 Å². The fraction of sp³-hybridized carbons (Fsp3) is 0.909. The molecule has 0 aliphatic carbocycles. The number of nitrogens with one attached hydrogen (secondary N) is 1. The van der Waals surface area contributed by atoms with Crippen molar-refractivity contribution in [3.8, 4) is 0 Å². The summed E-state index contributed by atoms with van der Waals surface area (Å²) >= 11 is 0. The van der Waals surface area contributed by atoms with Gasteiger partial charge in [0.2, 0.25) is 0 Å². The van der Waals surface area contributed by atoms with E-state index in [1.807, 2.05) is 20.8 Å². The molecule has 0 saturated heterocycles. The second-order valence-electron chi connectivity index (χ2n) is 3.69. The van der Waals surface area contributed by atoms with Gasteiger partial charge in [0.25, 0.3) is 0 Å². The first kappa shape index (κ1) is 14.2. The second kappa shape index (κ2) is 9.77. The topological polar surface area (TPSA) is 47.6 Å². The van der Waals surface area contributed by atoms with Gasteiger partial charge in [-0.3, -0.25) is 0 Å². The van der Waals surface area contributed by atoms with E-state index in [9.17, 15) is 4.79 Å². The molecule has 0 heterocycles.